The summed E-state index contributed by atoms with van der Waals surface area (Å²) in [6.07, 6.45) is 3.55. The second kappa shape index (κ2) is 9.84. The van der Waals surface area contributed by atoms with E-state index in [0.29, 0.717) is 10.6 Å². The molecule has 0 heterocycles. The highest BCUT2D eigenvalue weighted by atomic mass is 35.5. The topological polar surface area (TPSA) is 95.5 Å². The molecular weight excluding hydrogens is 344 g/mol. The van der Waals surface area contributed by atoms with Gasteiger partial charge in [-0.05, 0) is 43.5 Å². The molecule has 0 spiro atoms. The third kappa shape index (κ3) is 6.58. The Morgan fingerprint density at radius 1 is 1.16 bits per heavy atom. The van der Waals surface area contributed by atoms with Gasteiger partial charge in [0.05, 0.1) is 0 Å². The average molecular weight is 367 g/mol. The van der Waals surface area contributed by atoms with Crippen LogP contribution in [0.4, 0.5) is 0 Å². The SMILES string of the molecule is C/C=C/CC(NC(=O)C(NC(=O)c1ccc(Cl)cc1)C(C)C)C(=O)O. The number of halogens is 1. The lowest BCUT2D eigenvalue weighted by molar-refractivity contribution is -0.142. The number of amides is 2. The van der Waals surface area contributed by atoms with Gasteiger partial charge in [-0.3, -0.25) is 9.59 Å². The van der Waals surface area contributed by atoms with Crippen molar-refractivity contribution in [3.63, 3.8) is 0 Å². The fourth-order valence-electron chi connectivity index (χ4n) is 2.12. The van der Waals surface area contributed by atoms with Gasteiger partial charge >= 0.3 is 5.97 Å². The molecule has 0 saturated heterocycles. The summed E-state index contributed by atoms with van der Waals surface area (Å²) in [6, 6.07) is 4.38. The first kappa shape index (κ1) is 20.7. The van der Waals surface area contributed by atoms with Crippen LogP contribution in [0.2, 0.25) is 5.02 Å². The van der Waals surface area contributed by atoms with Crippen molar-refractivity contribution in [3.05, 3.63) is 47.0 Å². The Hall–Kier alpha value is -2.34. The fourth-order valence-corrected chi connectivity index (χ4v) is 2.24. The molecule has 2 amide bonds. The molecule has 2 unspecified atom stereocenters. The van der Waals surface area contributed by atoms with Crippen LogP contribution in [-0.4, -0.2) is 35.0 Å². The Kier molecular flexibility index (Phi) is 8.15. The van der Waals surface area contributed by atoms with Gasteiger partial charge in [-0.1, -0.05) is 37.6 Å². The molecule has 0 radical (unpaired) electrons. The van der Waals surface area contributed by atoms with Crippen molar-refractivity contribution in [2.45, 2.75) is 39.3 Å². The van der Waals surface area contributed by atoms with Crippen LogP contribution < -0.4 is 10.6 Å². The number of hydrogen-bond donors (Lipinski definition) is 3. The van der Waals surface area contributed by atoms with E-state index in [0.717, 1.165) is 0 Å². The van der Waals surface area contributed by atoms with Gasteiger partial charge < -0.3 is 15.7 Å². The van der Waals surface area contributed by atoms with E-state index in [2.05, 4.69) is 10.6 Å². The van der Waals surface area contributed by atoms with E-state index in [-0.39, 0.29) is 12.3 Å². The van der Waals surface area contributed by atoms with Gasteiger partial charge in [0.2, 0.25) is 5.91 Å². The summed E-state index contributed by atoms with van der Waals surface area (Å²) in [5.41, 5.74) is 0.367. The number of carbonyl (C=O) groups excluding carboxylic acids is 2. The van der Waals surface area contributed by atoms with Crippen molar-refractivity contribution in [1.82, 2.24) is 10.6 Å². The molecule has 136 valence electrons. The number of carboxylic acid groups (broad SMARTS) is 1. The third-order valence-corrected chi connectivity index (χ3v) is 3.82. The Bertz CT molecular complexity index is 641. The Labute approximate surface area is 152 Å². The molecule has 0 fully saturated rings. The number of allylic oxidation sites excluding steroid dienone is 1. The Morgan fingerprint density at radius 2 is 1.76 bits per heavy atom. The quantitative estimate of drug-likeness (QED) is 0.616. The predicted molar refractivity (Wildman–Crippen MR) is 96.5 cm³/mol. The highest BCUT2D eigenvalue weighted by Crippen LogP contribution is 2.11. The van der Waals surface area contributed by atoms with Crippen LogP contribution in [0.3, 0.4) is 0 Å². The molecule has 25 heavy (non-hydrogen) atoms. The van der Waals surface area contributed by atoms with E-state index < -0.39 is 29.9 Å². The van der Waals surface area contributed by atoms with Gasteiger partial charge in [0, 0.05) is 10.6 Å². The van der Waals surface area contributed by atoms with Gasteiger partial charge in [0.1, 0.15) is 12.1 Å². The van der Waals surface area contributed by atoms with Gasteiger partial charge in [0.25, 0.3) is 5.91 Å². The lowest BCUT2D eigenvalue weighted by atomic mass is 10.0. The minimum absolute atomic E-state index is 0.174. The van der Waals surface area contributed by atoms with Crippen LogP contribution >= 0.6 is 11.6 Å². The summed E-state index contributed by atoms with van der Waals surface area (Å²) in [5.74, 6) is -2.30. The normalized spacial score (nSPS) is 13.5. The summed E-state index contributed by atoms with van der Waals surface area (Å²) in [6.45, 7) is 5.31. The van der Waals surface area contributed by atoms with Crippen LogP contribution in [0.1, 0.15) is 37.6 Å². The van der Waals surface area contributed by atoms with Crippen molar-refractivity contribution >= 4 is 29.4 Å². The van der Waals surface area contributed by atoms with Gasteiger partial charge in [0.15, 0.2) is 0 Å². The van der Waals surface area contributed by atoms with Crippen molar-refractivity contribution in [2.75, 3.05) is 0 Å². The van der Waals surface area contributed by atoms with Crippen LogP contribution in [0.25, 0.3) is 0 Å². The van der Waals surface area contributed by atoms with Crippen molar-refractivity contribution < 1.29 is 19.5 Å². The van der Waals surface area contributed by atoms with E-state index in [1.54, 1.807) is 57.2 Å². The maximum absolute atomic E-state index is 12.4. The maximum Gasteiger partial charge on any atom is 0.326 e. The molecule has 6 nitrogen and oxygen atoms in total. The Morgan fingerprint density at radius 3 is 2.24 bits per heavy atom. The molecule has 3 N–H and O–H groups in total. The minimum atomic E-state index is -1.13. The number of nitrogens with one attached hydrogen (secondary N) is 2. The number of hydrogen-bond acceptors (Lipinski definition) is 3. The molecule has 0 aliphatic carbocycles. The largest absolute Gasteiger partial charge is 0.480 e. The molecule has 0 aliphatic heterocycles. The second-order valence-electron chi connectivity index (χ2n) is 5.91. The number of carboxylic acids is 1. The number of benzene rings is 1. The molecule has 1 aromatic rings. The molecule has 0 aromatic heterocycles. The fraction of sp³-hybridized carbons (Fsp3) is 0.389. The summed E-state index contributed by atoms with van der Waals surface area (Å²) in [7, 11) is 0. The standard InChI is InChI=1S/C18H23ClN2O4/c1-4-5-6-14(18(24)25)20-17(23)15(11(2)3)21-16(22)12-7-9-13(19)10-8-12/h4-5,7-11,14-15H,6H2,1-3H3,(H,20,23)(H,21,22)(H,24,25)/b5-4+. The van der Waals surface area contributed by atoms with Crippen molar-refractivity contribution in [1.29, 1.82) is 0 Å². The summed E-state index contributed by atoms with van der Waals surface area (Å²) in [4.78, 5) is 36.0. The lowest BCUT2D eigenvalue weighted by Crippen LogP contribution is -2.53. The van der Waals surface area contributed by atoms with Gasteiger partial charge in [-0.15, -0.1) is 0 Å². The van der Waals surface area contributed by atoms with Gasteiger partial charge in [-0.2, -0.15) is 0 Å². The summed E-state index contributed by atoms with van der Waals surface area (Å²) < 4.78 is 0. The van der Waals surface area contributed by atoms with Crippen LogP contribution in [-0.2, 0) is 9.59 Å². The highest BCUT2D eigenvalue weighted by molar-refractivity contribution is 6.30. The molecule has 2 atom stereocenters. The highest BCUT2D eigenvalue weighted by Gasteiger charge is 2.28. The van der Waals surface area contributed by atoms with Crippen LogP contribution in [0.5, 0.6) is 0 Å². The van der Waals surface area contributed by atoms with Crippen molar-refractivity contribution in [3.8, 4) is 0 Å². The number of carbonyl (C=O) groups is 3. The molecule has 1 aromatic carbocycles. The predicted octanol–water partition coefficient (Wildman–Crippen LogP) is 2.63. The first-order valence-corrected chi connectivity index (χ1v) is 8.34. The third-order valence-electron chi connectivity index (χ3n) is 3.56. The zero-order chi connectivity index (χ0) is 19.0. The average Bonchev–Trinajstić information content (AvgIpc) is 2.56. The zero-order valence-corrected chi connectivity index (χ0v) is 15.2. The van der Waals surface area contributed by atoms with Crippen LogP contribution in [0.15, 0.2) is 36.4 Å². The van der Waals surface area contributed by atoms with E-state index in [4.69, 9.17) is 11.6 Å². The molecular formula is C18H23ClN2O4. The molecule has 1 rings (SSSR count). The number of rotatable bonds is 8. The van der Waals surface area contributed by atoms with Crippen LogP contribution in [0, 0.1) is 5.92 Å². The molecule has 0 aliphatic rings. The second-order valence-corrected chi connectivity index (χ2v) is 6.34. The van der Waals surface area contributed by atoms with E-state index in [1.165, 1.54) is 0 Å². The molecule has 0 bridgehead atoms. The smallest absolute Gasteiger partial charge is 0.326 e. The maximum atomic E-state index is 12.4. The van der Waals surface area contributed by atoms with Crippen molar-refractivity contribution in [2.24, 2.45) is 5.92 Å². The number of aliphatic carboxylic acids is 1. The molecule has 7 heteroatoms. The van der Waals surface area contributed by atoms with E-state index in [1.807, 2.05) is 0 Å². The lowest BCUT2D eigenvalue weighted by Gasteiger charge is -2.23. The van der Waals surface area contributed by atoms with Gasteiger partial charge in [-0.25, -0.2) is 4.79 Å². The molecule has 0 saturated carbocycles. The first-order valence-electron chi connectivity index (χ1n) is 7.97. The monoisotopic (exact) mass is 366 g/mol. The Balaban J connectivity index is 2.83. The van der Waals surface area contributed by atoms with E-state index >= 15 is 0 Å². The van der Waals surface area contributed by atoms with E-state index in [9.17, 15) is 19.5 Å². The minimum Gasteiger partial charge on any atom is -0.480 e. The zero-order valence-electron chi connectivity index (χ0n) is 14.5. The summed E-state index contributed by atoms with van der Waals surface area (Å²) >= 11 is 5.79. The first-order chi connectivity index (χ1) is 11.8. The summed E-state index contributed by atoms with van der Waals surface area (Å²) in [5, 5.41) is 14.8.